The minimum Gasteiger partial charge on any atom is -0.508 e. The van der Waals surface area contributed by atoms with E-state index >= 15 is 0 Å². The van der Waals surface area contributed by atoms with Gasteiger partial charge in [-0.2, -0.15) is 0 Å². The summed E-state index contributed by atoms with van der Waals surface area (Å²) in [4.78, 5) is 11.7. The average molecular weight is 242 g/mol. The van der Waals surface area contributed by atoms with Gasteiger partial charge in [0.05, 0.1) is 0 Å². The van der Waals surface area contributed by atoms with Crippen molar-refractivity contribution in [2.75, 3.05) is 0 Å². The number of hydrogen-bond donors (Lipinski definition) is 1. The molecular weight excluding hydrogens is 231 g/mol. The summed E-state index contributed by atoms with van der Waals surface area (Å²) in [7, 11) is 0. The van der Waals surface area contributed by atoms with Gasteiger partial charge in [0.15, 0.2) is 5.78 Å². The third-order valence-electron chi connectivity index (χ3n) is 2.46. The van der Waals surface area contributed by atoms with Gasteiger partial charge in [-0.1, -0.05) is 30.3 Å². The second-order valence-electron chi connectivity index (χ2n) is 3.77. The summed E-state index contributed by atoms with van der Waals surface area (Å²) >= 11 is 0. The predicted molar refractivity (Wildman–Crippen MR) is 67.9 cm³/mol. The minimum atomic E-state index is -0.563. The van der Waals surface area contributed by atoms with Gasteiger partial charge in [-0.3, -0.25) is 4.79 Å². The molecule has 2 nitrogen and oxygen atoms in total. The quantitative estimate of drug-likeness (QED) is 0.661. The number of halogens is 1. The summed E-state index contributed by atoms with van der Waals surface area (Å²) in [5.41, 5.74) is 0.810. The lowest BCUT2D eigenvalue weighted by Gasteiger charge is -1.98. The van der Waals surface area contributed by atoms with E-state index < -0.39 is 5.82 Å². The highest BCUT2D eigenvalue weighted by Gasteiger charge is 2.02. The molecule has 0 spiro atoms. The van der Waals surface area contributed by atoms with Crippen LogP contribution in [-0.2, 0) is 0 Å². The van der Waals surface area contributed by atoms with Crippen molar-refractivity contribution >= 4 is 11.9 Å². The second kappa shape index (κ2) is 5.27. The fourth-order valence-corrected chi connectivity index (χ4v) is 1.52. The molecule has 1 N–H and O–H groups in total. The van der Waals surface area contributed by atoms with Crippen LogP contribution in [0.25, 0.3) is 6.08 Å². The summed E-state index contributed by atoms with van der Waals surface area (Å²) < 4.78 is 13.4. The Bertz CT molecular complexity index is 589. The Labute approximate surface area is 104 Å². The maximum atomic E-state index is 13.4. The molecule has 18 heavy (non-hydrogen) atoms. The van der Waals surface area contributed by atoms with Gasteiger partial charge in [0.1, 0.15) is 11.6 Å². The number of rotatable bonds is 3. The molecular formula is C15H11FO2. The lowest BCUT2D eigenvalue weighted by atomic mass is 10.1. The molecule has 2 aromatic rings. The molecule has 0 aliphatic rings. The molecule has 0 amide bonds. The van der Waals surface area contributed by atoms with Gasteiger partial charge in [-0.15, -0.1) is 0 Å². The van der Waals surface area contributed by atoms with Gasteiger partial charge in [0.2, 0.25) is 0 Å². The van der Waals surface area contributed by atoms with Crippen LogP contribution in [0.15, 0.2) is 54.6 Å². The first-order chi connectivity index (χ1) is 8.66. The fourth-order valence-electron chi connectivity index (χ4n) is 1.52. The van der Waals surface area contributed by atoms with E-state index in [1.165, 1.54) is 24.3 Å². The van der Waals surface area contributed by atoms with Gasteiger partial charge in [0, 0.05) is 17.2 Å². The lowest BCUT2D eigenvalue weighted by molar-refractivity contribution is 0.104. The van der Waals surface area contributed by atoms with Crippen molar-refractivity contribution in [2.45, 2.75) is 0 Å². The SMILES string of the molecule is O=C(C=Cc1ccc(O)cc1F)c1ccccc1. The van der Waals surface area contributed by atoms with E-state index in [9.17, 15) is 9.18 Å². The third-order valence-corrected chi connectivity index (χ3v) is 2.46. The molecule has 0 unspecified atom stereocenters. The van der Waals surface area contributed by atoms with E-state index in [0.29, 0.717) is 5.56 Å². The summed E-state index contributed by atoms with van der Waals surface area (Å²) in [5, 5.41) is 9.06. The highest BCUT2D eigenvalue weighted by atomic mass is 19.1. The van der Waals surface area contributed by atoms with Gasteiger partial charge in [-0.25, -0.2) is 4.39 Å². The molecule has 0 aliphatic heterocycles. The van der Waals surface area contributed by atoms with E-state index in [0.717, 1.165) is 6.07 Å². The van der Waals surface area contributed by atoms with E-state index in [4.69, 9.17) is 5.11 Å². The van der Waals surface area contributed by atoms with Crippen LogP contribution in [0.2, 0.25) is 0 Å². The zero-order valence-electron chi connectivity index (χ0n) is 9.51. The zero-order valence-corrected chi connectivity index (χ0v) is 9.51. The molecule has 0 aliphatic carbocycles. The van der Waals surface area contributed by atoms with Crippen LogP contribution in [0.5, 0.6) is 5.75 Å². The van der Waals surface area contributed by atoms with Crippen molar-refractivity contribution in [1.29, 1.82) is 0 Å². The van der Waals surface area contributed by atoms with Crippen LogP contribution < -0.4 is 0 Å². The van der Waals surface area contributed by atoms with Gasteiger partial charge in [-0.05, 0) is 24.3 Å². The number of hydrogen-bond acceptors (Lipinski definition) is 2. The molecule has 90 valence electrons. The number of benzene rings is 2. The van der Waals surface area contributed by atoms with E-state index in [2.05, 4.69) is 0 Å². The Balaban J connectivity index is 2.19. The van der Waals surface area contributed by atoms with Gasteiger partial charge < -0.3 is 5.11 Å². The van der Waals surface area contributed by atoms with Crippen molar-refractivity contribution < 1.29 is 14.3 Å². The van der Waals surface area contributed by atoms with Crippen LogP contribution in [0.4, 0.5) is 4.39 Å². The van der Waals surface area contributed by atoms with Gasteiger partial charge in [0.25, 0.3) is 0 Å². The van der Waals surface area contributed by atoms with Crippen molar-refractivity contribution in [3.8, 4) is 5.75 Å². The highest BCUT2D eigenvalue weighted by Crippen LogP contribution is 2.16. The van der Waals surface area contributed by atoms with Crippen molar-refractivity contribution in [1.82, 2.24) is 0 Å². The van der Waals surface area contributed by atoms with E-state index in [1.54, 1.807) is 24.3 Å². The Kier molecular flexibility index (Phi) is 3.53. The summed E-state index contributed by atoms with van der Waals surface area (Å²) in [6, 6.07) is 12.5. The number of carbonyl (C=O) groups is 1. The molecule has 0 saturated carbocycles. The Morgan fingerprint density at radius 1 is 1.11 bits per heavy atom. The van der Waals surface area contributed by atoms with Crippen molar-refractivity contribution in [3.05, 3.63) is 71.6 Å². The number of aromatic hydroxyl groups is 1. The number of ketones is 1. The van der Waals surface area contributed by atoms with Crippen LogP contribution in [0.1, 0.15) is 15.9 Å². The van der Waals surface area contributed by atoms with E-state index in [1.807, 2.05) is 6.07 Å². The minimum absolute atomic E-state index is 0.140. The third kappa shape index (κ3) is 2.83. The van der Waals surface area contributed by atoms with Crippen LogP contribution in [0, 0.1) is 5.82 Å². The first-order valence-electron chi connectivity index (χ1n) is 5.43. The molecule has 3 heteroatoms. The van der Waals surface area contributed by atoms with E-state index in [-0.39, 0.29) is 17.1 Å². The summed E-state index contributed by atoms with van der Waals surface area (Å²) in [6.45, 7) is 0. The summed E-state index contributed by atoms with van der Waals surface area (Å²) in [5.74, 6) is -0.894. The normalized spacial score (nSPS) is 10.7. The Morgan fingerprint density at radius 3 is 2.50 bits per heavy atom. The van der Waals surface area contributed by atoms with Gasteiger partial charge >= 0.3 is 0 Å². The number of phenolic OH excluding ortho intramolecular Hbond substituents is 1. The monoisotopic (exact) mass is 242 g/mol. The van der Waals surface area contributed by atoms with Crippen molar-refractivity contribution in [3.63, 3.8) is 0 Å². The number of carbonyl (C=O) groups excluding carboxylic acids is 1. The molecule has 0 radical (unpaired) electrons. The summed E-state index contributed by atoms with van der Waals surface area (Å²) in [6.07, 6.45) is 2.70. The van der Waals surface area contributed by atoms with Crippen LogP contribution in [0.3, 0.4) is 0 Å². The Morgan fingerprint density at radius 2 is 1.83 bits per heavy atom. The van der Waals surface area contributed by atoms with Crippen LogP contribution in [-0.4, -0.2) is 10.9 Å². The maximum Gasteiger partial charge on any atom is 0.185 e. The highest BCUT2D eigenvalue weighted by molar-refractivity contribution is 6.06. The van der Waals surface area contributed by atoms with Crippen molar-refractivity contribution in [2.24, 2.45) is 0 Å². The number of allylic oxidation sites excluding steroid dienone is 1. The fraction of sp³-hybridized carbons (Fsp3) is 0. The smallest absolute Gasteiger partial charge is 0.185 e. The molecule has 0 atom stereocenters. The molecule has 0 fully saturated rings. The number of phenols is 1. The molecule has 0 bridgehead atoms. The largest absolute Gasteiger partial charge is 0.508 e. The molecule has 2 rings (SSSR count). The molecule has 2 aromatic carbocycles. The predicted octanol–water partition coefficient (Wildman–Crippen LogP) is 3.43. The molecule has 0 heterocycles. The molecule has 0 saturated heterocycles. The van der Waals surface area contributed by atoms with Crippen LogP contribution >= 0.6 is 0 Å². The average Bonchev–Trinajstić information content (AvgIpc) is 2.38. The first kappa shape index (κ1) is 12.0. The maximum absolute atomic E-state index is 13.4. The first-order valence-corrected chi connectivity index (χ1v) is 5.43. The standard InChI is InChI=1S/C15H11FO2/c16-14-10-13(17)8-6-11(14)7-9-15(18)12-4-2-1-3-5-12/h1-10,17H. The topological polar surface area (TPSA) is 37.3 Å². The lowest BCUT2D eigenvalue weighted by Crippen LogP contribution is -1.93. The Hall–Kier alpha value is -2.42. The second-order valence-corrected chi connectivity index (χ2v) is 3.77. The molecule has 0 aromatic heterocycles. The zero-order chi connectivity index (χ0) is 13.0.